The lowest BCUT2D eigenvalue weighted by Gasteiger charge is -2.30. The zero-order valence-electron chi connectivity index (χ0n) is 8.28. The molecule has 0 radical (unpaired) electrons. The summed E-state index contributed by atoms with van der Waals surface area (Å²) in [6, 6.07) is 8.39. The molecule has 1 N–H and O–H groups in total. The lowest BCUT2D eigenvalue weighted by atomic mass is 10.2. The van der Waals surface area contributed by atoms with E-state index in [1.54, 1.807) is 0 Å². The van der Waals surface area contributed by atoms with Crippen LogP contribution in [0, 0.1) is 0 Å². The van der Waals surface area contributed by atoms with Crippen molar-refractivity contribution in [1.29, 1.82) is 0 Å². The third kappa shape index (κ3) is 3.83. The SMILES string of the molecule is Brc1ccccc1N1CCNCC1.Cl.Cl. The van der Waals surface area contributed by atoms with Gasteiger partial charge in [0.25, 0.3) is 0 Å². The van der Waals surface area contributed by atoms with Gasteiger partial charge in [-0.1, -0.05) is 12.1 Å². The molecule has 1 heterocycles. The summed E-state index contributed by atoms with van der Waals surface area (Å²) < 4.78 is 1.19. The molecule has 0 amide bonds. The van der Waals surface area contributed by atoms with Crippen LogP contribution in [0.15, 0.2) is 28.7 Å². The van der Waals surface area contributed by atoms with E-state index in [1.807, 2.05) is 0 Å². The second kappa shape index (κ2) is 7.34. The summed E-state index contributed by atoms with van der Waals surface area (Å²) in [5.74, 6) is 0. The van der Waals surface area contributed by atoms with E-state index in [0.717, 1.165) is 26.2 Å². The summed E-state index contributed by atoms with van der Waals surface area (Å²) >= 11 is 3.57. The maximum Gasteiger partial charge on any atom is 0.0511 e. The number of rotatable bonds is 1. The minimum Gasteiger partial charge on any atom is -0.368 e. The van der Waals surface area contributed by atoms with Crippen LogP contribution < -0.4 is 10.2 Å². The number of piperazine rings is 1. The third-order valence-corrected chi connectivity index (χ3v) is 2.98. The van der Waals surface area contributed by atoms with Crippen LogP contribution in [0.2, 0.25) is 0 Å². The number of para-hydroxylation sites is 1. The van der Waals surface area contributed by atoms with E-state index in [9.17, 15) is 0 Å². The molecule has 5 heteroatoms. The van der Waals surface area contributed by atoms with Crippen molar-refractivity contribution in [3.63, 3.8) is 0 Å². The van der Waals surface area contributed by atoms with Crippen LogP contribution in [-0.4, -0.2) is 26.2 Å². The van der Waals surface area contributed by atoms with Crippen LogP contribution in [0.5, 0.6) is 0 Å². The number of anilines is 1. The molecule has 15 heavy (non-hydrogen) atoms. The first-order chi connectivity index (χ1) is 6.38. The second-order valence-corrected chi connectivity index (χ2v) is 4.04. The number of nitrogens with zero attached hydrogens (tertiary/aromatic N) is 1. The van der Waals surface area contributed by atoms with Crippen LogP contribution >= 0.6 is 40.7 Å². The lowest BCUT2D eigenvalue weighted by molar-refractivity contribution is 0.588. The van der Waals surface area contributed by atoms with Crippen molar-refractivity contribution in [2.75, 3.05) is 31.1 Å². The first kappa shape index (κ1) is 15.0. The number of halogens is 3. The molecule has 0 bridgehead atoms. The molecule has 2 nitrogen and oxygen atoms in total. The molecule has 1 aliphatic heterocycles. The Morgan fingerprint density at radius 1 is 1.07 bits per heavy atom. The fourth-order valence-corrected chi connectivity index (χ4v) is 2.15. The van der Waals surface area contributed by atoms with Gasteiger partial charge in [-0.3, -0.25) is 0 Å². The maximum atomic E-state index is 3.57. The zero-order chi connectivity index (χ0) is 9.10. The minimum atomic E-state index is 0. The number of hydrogen-bond acceptors (Lipinski definition) is 2. The van der Waals surface area contributed by atoms with E-state index in [0.29, 0.717) is 0 Å². The highest BCUT2D eigenvalue weighted by Gasteiger charge is 2.11. The monoisotopic (exact) mass is 312 g/mol. The summed E-state index contributed by atoms with van der Waals surface area (Å²) in [5.41, 5.74) is 1.31. The van der Waals surface area contributed by atoms with Crippen molar-refractivity contribution in [3.8, 4) is 0 Å². The molecule has 0 aromatic heterocycles. The Balaban J connectivity index is 0.000000980. The molecule has 0 atom stereocenters. The Morgan fingerprint density at radius 3 is 2.27 bits per heavy atom. The van der Waals surface area contributed by atoms with Crippen molar-refractivity contribution < 1.29 is 0 Å². The Morgan fingerprint density at radius 2 is 1.67 bits per heavy atom. The van der Waals surface area contributed by atoms with Gasteiger partial charge < -0.3 is 10.2 Å². The largest absolute Gasteiger partial charge is 0.368 e. The highest BCUT2D eigenvalue weighted by molar-refractivity contribution is 9.10. The first-order valence-corrected chi connectivity index (χ1v) is 5.37. The van der Waals surface area contributed by atoms with Crippen LogP contribution in [-0.2, 0) is 0 Å². The summed E-state index contributed by atoms with van der Waals surface area (Å²) in [4.78, 5) is 2.40. The third-order valence-electron chi connectivity index (χ3n) is 2.31. The zero-order valence-corrected chi connectivity index (χ0v) is 11.5. The van der Waals surface area contributed by atoms with Gasteiger partial charge in [0.05, 0.1) is 5.69 Å². The predicted molar refractivity (Wildman–Crippen MR) is 73.7 cm³/mol. The number of benzene rings is 1. The topological polar surface area (TPSA) is 15.3 Å². The predicted octanol–water partition coefficient (Wildman–Crippen LogP) is 2.70. The molecule has 0 spiro atoms. The van der Waals surface area contributed by atoms with Gasteiger partial charge in [-0.15, -0.1) is 24.8 Å². The van der Waals surface area contributed by atoms with Crippen molar-refractivity contribution in [2.45, 2.75) is 0 Å². The molecule has 1 aliphatic rings. The van der Waals surface area contributed by atoms with Gasteiger partial charge in [0.1, 0.15) is 0 Å². The molecule has 1 aromatic rings. The Bertz CT molecular complexity index is 291. The minimum absolute atomic E-state index is 0. The van der Waals surface area contributed by atoms with Crippen molar-refractivity contribution in [2.24, 2.45) is 0 Å². The second-order valence-electron chi connectivity index (χ2n) is 3.19. The summed E-state index contributed by atoms with van der Waals surface area (Å²) in [6.07, 6.45) is 0. The Hall–Kier alpha value is 0.0400. The van der Waals surface area contributed by atoms with Crippen LogP contribution in [0.1, 0.15) is 0 Å². The fraction of sp³-hybridized carbons (Fsp3) is 0.400. The van der Waals surface area contributed by atoms with Crippen molar-refractivity contribution in [1.82, 2.24) is 5.32 Å². The van der Waals surface area contributed by atoms with E-state index in [2.05, 4.69) is 50.4 Å². The quantitative estimate of drug-likeness (QED) is 0.857. The average molecular weight is 314 g/mol. The Labute approximate surface area is 111 Å². The van der Waals surface area contributed by atoms with Gasteiger partial charge >= 0.3 is 0 Å². The molecule has 1 fully saturated rings. The van der Waals surface area contributed by atoms with Crippen molar-refractivity contribution >= 4 is 46.4 Å². The molecule has 1 saturated heterocycles. The van der Waals surface area contributed by atoms with Crippen LogP contribution in [0.4, 0.5) is 5.69 Å². The fourth-order valence-electron chi connectivity index (χ4n) is 1.61. The molecular weight excluding hydrogens is 299 g/mol. The summed E-state index contributed by atoms with van der Waals surface area (Å²) in [5, 5.41) is 3.35. The maximum absolute atomic E-state index is 3.57. The number of hydrogen-bond donors (Lipinski definition) is 1. The lowest BCUT2D eigenvalue weighted by Crippen LogP contribution is -2.43. The summed E-state index contributed by atoms with van der Waals surface area (Å²) in [7, 11) is 0. The van der Waals surface area contributed by atoms with E-state index in [1.165, 1.54) is 10.2 Å². The highest BCUT2D eigenvalue weighted by Crippen LogP contribution is 2.25. The Kier molecular flexibility index (Phi) is 7.36. The molecule has 1 aromatic carbocycles. The van der Waals surface area contributed by atoms with Gasteiger partial charge in [0, 0.05) is 30.7 Å². The van der Waals surface area contributed by atoms with Gasteiger partial charge in [0.15, 0.2) is 0 Å². The van der Waals surface area contributed by atoms with E-state index in [-0.39, 0.29) is 24.8 Å². The normalized spacial score (nSPS) is 15.1. The number of nitrogens with one attached hydrogen (secondary N) is 1. The molecule has 86 valence electrons. The molecule has 2 rings (SSSR count). The van der Waals surface area contributed by atoms with Crippen LogP contribution in [0.3, 0.4) is 0 Å². The molecule has 0 unspecified atom stereocenters. The smallest absolute Gasteiger partial charge is 0.0511 e. The summed E-state index contributed by atoms with van der Waals surface area (Å²) in [6.45, 7) is 4.37. The van der Waals surface area contributed by atoms with E-state index >= 15 is 0 Å². The van der Waals surface area contributed by atoms with Crippen LogP contribution in [0.25, 0.3) is 0 Å². The molecule has 0 saturated carbocycles. The van der Waals surface area contributed by atoms with Gasteiger partial charge in [-0.05, 0) is 28.1 Å². The molecule has 0 aliphatic carbocycles. The first-order valence-electron chi connectivity index (χ1n) is 4.58. The van der Waals surface area contributed by atoms with E-state index in [4.69, 9.17) is 0 Å². The van der Waals surface area contributed by atoms with Gasteiger partial charge in [-0.25, -0.2) is 0 Å². The standard InChI is InChI=1S/C10H13BrN2.2ClH/c11-9-3-1-2-4-10(9)13-7-5-12-6-8-13;;/h1-4,12H,5-8H2;2*1H. The van der Waals surface area contributed by atoms with Crippen molar-refractivity contribution in [3.05, 3.63) is 28.7 Å². The molecular formula is C10H15BrCl2N2. The average Bonchev–Trinajstić information content (AvgIpc) is 2.20. The van der Waals surface area contributed by atoms with Gasteiger partial charge in [-0.2, -0.15) is 0 Å². The van der Waals surface area contributed by atoms with Gasteiger partial charge in [0.2, 0.25) is 0 Å². The highest BCUT2D eigenvalue weighted by atomic mass is 79.9. The van der Waals surface area contributed by atoms with E-state index < -0.39 is 0 Å².